The minimum atomic E-state index is -0.517. The molecule has 1 atom stereocenters. The summed E-state index contributed by atoms with van der Waals surface area (Å²) < 4.78 is 19.8. The molecule has 110 valence electrons. The highest BCUT2D eigenvalue weighted by atomic mass is 35.5. The van der Waals surface area contributed by atoms with Crippen molar-refractivity contribution in [3.63, 3.8) is 0 Å². The summed E-state index contributed by atoms with van der Waals surface area (Å²) in [5.74, 6) is 0.500. The van der Waals surface area contributed by atoms with Gasteiger partial charge in [-0.05, 0) is 43.2 Å². The first-order valence-electron chi connectivity index (χ1n) is 6.88. The fraction of sp³-hybridized carbons (Fsp3) is 0.294. The molecule has 21 heavy (non-hydrogen) atoms. The van der Waals surface area contributed by atoms with Crippen LogP contribution in [0.3, 0.4) is 0 Å². The molecule has 0 saturated heterocycles. The van der Waals surface area contributed by atoms with Crippen molar-refractivity contribution in [1.82, 2.24) is 0 Å². The van der Waals surface area contributed by atoms with Gasteiger partial charge in [-0.15, -0.1) is 0 Å². The summed E-state index contributed by atoms with van der Waals surface area (Å²) in [6.07, 6.45) is 0.825. The molecule has 2 aromatic carbocycles. The Morgan fingerprint density at radius 3 is 2.71 bits per heavy atom. The van der Waals surface area contributed by atoms with E-state index in [0.717, 1.165) is 23.3 Å². The van der Waals surface area contributed by atoms with Gasteiger partial charge in [0.15, 0.2) is 0 Å². The Kier molecular flexibility index (Phi) is 3.42. The van der Waals surface area contributed by atoms with Gasteiger partial charge < -0.3 is 10.5 Å². The van der Waals surface area contributed by atoms with E-state index in [9.17, 15) is 4.39 Å². The van der Waals surface area contributed by atoms with Crippen molar-refractivity contribution in [2.75, 3.05) is 0 Å². The molecule has 2 aromatic rings. The number of nitrogens with two attached hydrogens (primary N) is 1. The monoisotopic (exact) mass is 305 g/mol. The smallest absolute Gasteiger partial charge is 0.129 e. The third-order valence-electron chi connectivity index (χ3n) is 3.74. The standard InChI is InChI=1S/C17H17ClFNO/c1-17(2)9-11-7-10(3-6-15(11)21-17)16(20)13-5-4-12(18)8-14(13)19/h3-8,16H,9,20H2,1-2H3. The van der Waals surface area contributed by atoms with Crippen molar-refractivity contribution in [1.29, 1.82) is 0 Å². The summed E-state index contributed by atoms with van der Waals surface area (Å²) in [5, 5.41) is 0.368. The molecule has 0 amide bonds. The zero-order chi connectivity index (χ0) is 15.2. The van der Waals surface area contributed by atoms with Gasteiger partial charge in [-0.2, -0.15) is 0 Å². The van der Waals surface area contributed by atoms with Crippen molar-refractivity contribution >= 4 is 11.6 Å². The highest BCUT2D eigenvalue weighted by Crippen LogP contribution is 2.37. The van der Waals surface area contributed by atoms with E-state index < -0.39 is 6.04 Å². The van der Waals surface area contributed by atoms with E-state index >= 15 is 0 Å². The van der Waals surface area contributed by atoms with Crippen LogP contribution in [0.2, 0.25) is 5.02 Å². The van der Waals surface area contributed by atoms with Crippen LogP contribution in [0.25, 0.3) is 0 Å². The first-order valence-corrected chi connectivity index (χ1v) is 7.26. The highest BCUT2D eigenvalue weighted by molar-refractivity contribution is 6.30. The first kappa shape index (κ1) is 14.4. The van der Waals surface area contributed by atoms with E-state index in [-0.39, 0.29) is 11.4 Å². The number of rotatable bonds is 2. The SMILES string of the molecule is CC1(C)Cc2cc(C(N)c3ccc(Cl)cc3F)ccc2O1. The van der Waals surface area contributed by atoms with Crippen molar-refractivity contribution in [3.05, 3.63) is 63.9 Å². The maximum atomic E-state index is 14.0. The second kappa shape index (κ2) is 5.00. The van der Waals surface area contributed by atoms with E-state index in [4.69, 9.17) is 22.1 Å². The molecule has 1 aliphatic heterocycles. The van der Waals surface area contributed by atoms with Crippen LogP contribution in [-0.2, 0) is 6.42 Å². The zero-order valence-electron chi connectivity index (χ0n) is 12.0. The summed E-state index contributed by atoms with van der Waals surface area (Å²) in [7, 11) is 0. The number of benzene rings is 2. The predicted molar refractivity (Wildman–Crippen MR) is 82.3 cm³/mol. The quantitative estimate of drug-likeness (QED) is 0.900. The van der Waals surface area contributed by atoms with Crippen LogP contribution in [-0.4, -0.2) is 5.60 Å². The van der Waals surface area contributed by atoms with Crippen LogP contribution >= 0.6 is 11.6 Å². The van der Waals surface area contributed by atoms with Gasteiger partial charge in [-0.1, -0.05) is 29.8 Å². The van der Waals surface area contributed by atoms with Gasteiger partial charge in [0.1, 0.15) is 17.2 Å². The lowest BCUT2D eigenvalue weighted by Crippen LogP contribution is -2.24. The van der Waals surface area contributed by atoms with Crippen LogP contribution in [0.15, 0.2) is 36.4 Å². The molecule has 1 aliphatic rings. The Hall–Kier alpha value is -1.58. The van der Waals surface area contributed by atoms with Crippen molar-refractivity contribution < 1.29 is 9.13 Å². The van der Waals surface area contributed by atoms with Crippen molar-refractivity contribution in [2.45, 2.75) is 31.9 Å². The summed E-state index contributed by atoms with van der Waals surface area (Å²) in [4.78, 5) is 0. The normalized spacial score (nSPS) is 17.2. The van der Waals surface area contributed by atoms with Crippen LogP contribution in [0.1, 0.15) is 36.6 Å². The molecular weight excluding hydrogens is 289 g/mol. The van der Waals surface area contributed by atoms with Crippen molar-refractivity contribution in [2.24, 2.45) is 5.73 Å². The van der Waals surface area contributed by atoms with Gasteiger partial charge in [0.05, 0.1) is 6.04 Å². The lowest BCUT2D eigenvalue weighted by molar-refractivity contribution is 0.138. The number of hydrogen-bond acceptors (Lipinski definition) is 2. The number of hydrogen-bond donors (Lipinski definition) is 1. The van der Waals surface area contributed by atoms with Gasteiger partial charge in [0, 0.05) is 17.0 Å². The van der Waals surface area contributed by atoms with Gasteiger partial charge in [0.2, 0.25) is 0 Å². The average molecular weight is 306 g/mol. The van der Waals surface area contributed by atoms with Crippen LogP contribution < -0.4 is 10.5 Å². The molecule has 2 nitrogen and oxygen atoms in total. The molecule has 0 aliphatic carbocycles. The molecule has 0 aromatic heterocycles. The average Bonchev–Trinajstić information content (AvgIpc) is 2.70. The highest BCUT2D eigenvalue weighted by Gasteiger charge is 2.30. The Balaban J connectivity index is 1.95. The number of fused-ring (bicyclic) bond motifs is 1. The second-order valence-corrected chi connectivity index (χ2v) is 6.49. The summed E-state index contributed by atoms with van der Waals surface area (Å²) >= 11 is 5.78. The molecule has 3 rings (SSSR count). The predicted octanol–water partition coefficient (Wildman–Crippen LogP) is 4.24. The lowest BCUT2D eigenvalue weighted by atomic mass is 9.95. The molecule has 1 heterocycles. The molecule has 0 saturated carbocycles. The first-order chi connectivity index (χ1) is 9.85. The molecule has 2 N–H and O–H groups in total. The number of halogens is 2. The third-order valence-corrected chi connectivity index (χ3v) is 3.98. The molecule has 4 heteroatoms. The molecule has 0 spiro atoms. The summed E-state index contributed by atoms with van der Waals surface area (Å²) in [6.45, 7) is 4.09. The second-order valence-electron chi connectivity index (χ2n) is 6.05. The lowest BCUT2D eigenvalue weighted by Gasteiger charge is -2.16. The minimum absolute atomic E-state index is 0.198. The zero-order valence-corrected chi connectivity index (χ0v) is 12.7. The van der Waals surface area contributed by atoms with Gasteiger partial charge >= 0.3 is 0 Å². The molecule has 0 fully saturated rings. The Bertz CT molecular complexity index is 699. The van der Waals surface area contributed by atoms with E-state index in [0.29, 0.717) is 10.6 Å². The maximum absolute atomic E-state index is 14.0. The van der Waals surface area contributed by atoms with E-state index in [2.05, 4.69) is 0 Å². The molecular formula is C17H17ClFNO. The Morgan fingerprint density at radius 1 is 1.24 bits per heavy atom. The maximum Gasteiger partial charge on any atom is 0.129 e. The number of ether oxygens (including phenoxy) is 1. The van der Waals surface area contributed by atoms with E-state index in [1.807, 2.05) is 32.0 Å². The summed E-state index contributed by atoms with van der Waals surface area (Å²) in [6, 6.07) is 9.86. The molecule has 1 unspecified atom stereocenters. The fourth-order valence-electron chi connectivity index (χ4n) is 2.76. The topological polar surface area (TPSA) is 35.2 Å². The largest absolute Gasteiger partial charge is 0.487 e. The van der Waals surface area contributed by atoms with Gasteiger partial charge in [0.25, 0.3) is 0 Å². The van der Waals surface area contributed by atoms with Crippen LogP contribution in [0, 0.1) is 5.82 Å². The van der Waals surface area contributed by atoms with Gasteiger partial charge in [-0.25, -0.2) is 4.39 Å². The Labute approximate surface area is 128 Å². The summed E-state index contributed by atoms with van der Waals surface area (Å²) in [5.41, 5.74) is 8.43. The van der Waals surface area contributed by atoms with E-state index in [1.165, 1.54) is 6.07 Å². The fourth-order valence-corrected chi connectivity index (χ4v) is 2.92. The van der Waals surface area contributed by atoms with Gasteiger partial charge in [-0.3, -0.25) is 0 Å². The van der Waals surface area contributed by atoms with E-state index in [1.54, 1.807) is 12.1 Å². The third kappa shape index (κ3) is 2.76. The molecule has 0 bridgehead atoms. The van der Waals surface area contributed by atoms with Crippen molar-refractivity contribution in [3.8, 4) is 5.75 Å². The molecule has 0 radical (unpaired) electrons. The van der Waals surface area contributed by atoms with Crippen LogP contribution in [0.5, 0.6) is 5.75 Å². The van der Waals surface area contributed by atoms with Crippen LogP contribution in [0.4, 0.5) is 4.39 Å². The Morgan fingerprint density at radius 2 is 2.00 bits per heavy atom. The minimum Gasteiger partial charge on any atom is -0.487 e.